The van der Waals surface area contributed by atoms with Gasteiger partial charge in [-0.15, -0.1) is 35.4 Å². The average molecular weight is 484 g/mol. The van der Waals surface area contributed by atoms with Crippen LogP contribution in [-0.2, 0) is 27.5 Å². The summed E-state index contributed by atoms with van der Waals surface area (Å²) in [7, 11) is 0. The van der Waals surface area contributed by atoms with Crippen LogP contribution in [0.1, 0.15) is 21.7 Å². The number of carbonyl (C=O) groups is 1. The molecule has 0 bridgehead atoms. The van der Waals surface area contributed by atoms with Gasteiger partial charge in [-0.25, -0.2) is 9.78 Å². The number of carboxylic acids is 1. The van der Waals surface area contributed by atoms with Crippen molar-refractivity contribution in [2.45, 2.75) is 6.42 Å². The van der Waals surface area contributed by atoms with Gasteiger partial charge in [0, 0.05) is 33.0 Å². The minimum atomic E-state index is -1.02. The van der Waals surface area contributed by atoms with Crippen molar-refractivity contribution in [2.75, 3.05) is 0 Å². The number of hydrogen-bond acceptors (Lipinski definition) is 3. The Morgan fingerprint density at radius 1 is 1.04 bits per heavy atom. The minimum Gasteiger partial charge on any atom is -0.477 e. The van der Waals surface area contributed by atoms with Gasteiger partial charge in [0.1, 0.15) is 5.69 Å². The number of pyridine rings is 2. The number of benzene rings is 1. The molecule has 1 aromatic carbocycles. The van der Waals surface area contributed by atoms with Crippen molar-refractivity contribution in [1.29, 1.82) is 0 Å². The first kappa shape index (κ1) is 17.0. The molecule has 0 aliphatic rings. The first-order chi connectivity index (χ1) is 10.7. The van der Waals surface area contributed by atoms with Crippen LogP contribution in [0.15, 0.2) is 60.8 Å². The summed E-state index contributed by atoms with van der Waals surface area (Å²) in [6, 6.07) is 19.9. The quantitative estimate of drug-likeness (QED) is 0.578. The Morgan fingerprint density at radius 2 is 1.87 bits per heavy atom. The van der Waals surface area contributed by atoms with Crippen LogP contribution in [0.3, 0.4) is 0 Å². The van der Waals surface area contributed by atoms with Crippen LogP contribution in [-0.4, -0.2) is 21.0 Å². The van der Waals surface area contributed by atoms with Gasteiger partial charge in [-0.2, -0.15) is 0 Å². The van der Waals surface area contributed by atoms with Crippen molar-refractivity contribution >= 4 is 5.97 Å². The van der Waals surface area contributed by atoms with Crippen LogP contribution in [0.4, 0.5) is 0 Å². The summed E-state index contributed by atoms with van der Waals surface area (Å²) in [5, 5.41) is 8.99. The number of nitrogens with zero attached hydrogens (tertiary/aromatic N) is 2. The molecule has 0 radical (unpaired) electrons. The first-order valence-electron chi connectivity index (χ1n) is 6.84. The molecule has 0 fully saturated rings. The molecule has 0 amide bonds. The van der Waals surface area contributed by atoms with Crippen LogP contribution in [0.25, 0.3) is 11.3 Å². The van der Waals surface area contributed by atoms with Gasteiger partial charge < -0.3 is 10.1 Å². The van der Waals surface area contributed by atoms with Gasteiger partial charge in [0.05, 0.1) is 0 Å². The molecular formula is C18H13N2O2Pt-. The van der Waals surface area contributed by atoms with Crippen LogP contribution < -0.4 is 0 Å². The van der Waals surface area contributed by atoms with Gasteiger partial charge in [0.2, 0.25) is 0 Å². The van der Waals surface area contributed by atoms with E-state index in [0.717, 1.165) is 16.8 Å². The van der Waals surface area contributed by atoms with Gasteiger partial charge in [0.25, 0.3) is 0 Å². The largest absolute Gasteiger partial charge is 0.477 e. The Kier molecular flexibility index (Phi) is 5.77. The fraction of sp³-hybridized carbons (Fsp3) is 0.0556. The van der Waals surface area contributed by atoms with E-state index in [1.165, 1.54) is 6.07 Å². The van der Waals surface area contributed by atoms with Gasteiger partial charge in [0.15, 0.2) is 0 Å². The Morgan fingerprint density at radius 3 is 2.61 bits per heavy atom. The summed E-state index contributed by atoms with van der Waals surface area (Å²) in [4.78, 5) is 19.4. The SMILES string of the molecule is O=C(O)c1cccc(Cc2[c-]c(-c3ccccn3)ccc2)n1.[Pt]. The maximum Gasteiger partial charge on any atom is 0.354 e. The Labute approximate surface area is 148 Å². The van der Waals surface area contributed by atoms with Crippen molar-refractivity contribution < 1.29 is 31.0 Å². The van der Waals surface area contributed by atoms with E-state index in [4.69, 9.17) is 5.11 Å². The smallest absolute Gasteiger partial charge is 0.354 e. The van der Waals surface area contributed by atoms with E-state index in [1.807, 2.05) is 42.5 Å². The second-order valence-corrected chi connectivity index (χ2v) is 4.80. The van der Waals surface area contributed by atoms with E-state index in [0.29, 0.717) is 12.1 Å². The normalized spacial score (nSPS) is 9.91. The minimum absolute atomic E-state index is 0. The molecule has 0 unspecified atom stereocenters. The molecule has 4 nitrogen and oxygen atoms in total. The monoisotopic (exact) mass is 484 g/mol. The van der Waals surface area contributed by atoms with E-state index in [9.17, 15) is 4.79 Å². The zero-order valence-corrected chi connectivity index (χ0v) is 14.3. The molecule has 118 valence electrons. The number of rotatable bonds is 4. The fourth-order valence-corrected chi connectivity index (χ4v) is 2.18. The van der Waals surface area contributed by atoms with E-state index in [-0.39, 0.29) is 26.8 Å². The molecule has 0 aliphatic carbocycles. The fourth-order valence-electron chi connectivity index (χ4n) is 2.18. The molecule has 0 atom stereocenters. The van der Waals surface area contributed by atoms with Gasteiger partial charge in [-0.3, -0.25) is 0 Å². The molecule has 0 saturated carbocycles. The zero-order valence-electron chi connectivity index (χ0n) is 12.0. The van der Waals surface area contributed by atoms with E-state index >= 15 is 0 Å². The number of carboxylic acid groups (broad SMARTS) is 1. The Balaban J connectivity index is 0.00000192. The molecular weight excluding hydrogens is 471 g/mol. The standard InChI is InChI=1S/C18H13N2O2.Pt/c21-18(22)17-9-4-7-15(20-17)12-13-5-3-6-14(11-13)16-8-1-2-10-19-16;/h1-10H,12H2,(H,21,22);/q-1;. The van der Waals surface area contributed by atoms with E-state index < -0.39 is 5.97 Å². The Bertz CT molecular complexity index is 807. The second kappa shape index (κ2) is 7.79. The molecule has 2 heterocycles. The average Bonchev–Trinajstić information content (AvgIpc) is 2.56. The third-order valence-corrected chi connectivity index (χ3v) is 3.19. The zero-order chi connectivity index (χ0) is 15.4. The number of aromatic nitrogens is 2. The molecule has 23 heavy (non-hydrogen) atoms. The van der Waals surface area contributed by atoms with Crippen LogP contribution in [0, 0.1) is 6.07 Å². The predicted octanol–water partition coefficient (Wildman–Crippen LogP) is 3.23. The molecule has 0 saturated heterocycles. The van der Waals surface area contributed by atoms with E-state index in [1.54, 1.807) is 12.3 Å². The predicted molar refractivity (Wildman–Crippen MR) is 82.5 cm³/mol. The topological polar surface area (TPSA) is 63.1 Å². The molecule has 1 N–H and O–H groups in total. The third kappa shape index (κ3) is 4.33. The van der Waals surface area contributed by atoms with Crippen molar-refractivity contribution in [3.8, 4) is 11.3 Å². The summed E-state index contributed by atoms with van der Waals surface area (Å²) in [5.74, 6) is -1.02. The number of aromatic carboxylic acids is 1. The van der Waals surface area contributed by atoms with Gasteiger partial charge >= 0.3 is 5.97 Å². The van der Waals surface area contributed by atoms with Crippen molar-refractivity contribution in [2.24, 2.45) is 0 Å². The number of hydrogen-bond donors (Lipinski definition) is 1. The molecule has 0 spiro atoms. The van der Waals surface area contributed by atoms with Gasteiger partial charge in [-0.05, 0) is 30.3 Å². The summed E-state index contributed by atoms with van der Waals surface area (Å²) >= 11 is 0. The third-order valence-electron chi connectivity index (χ3n) is 3.19. The maximum absolute atomic E-state index is 11.0. The maximum atomic E-state index is 11.0. The second-order valence-electron chi connectivity index (χ2n) is 4.80. The van der Waals surface area contributed by atoms with Crippen LogP contribution in [0.2, 0.25) is 0 Å². The van der Waals surface area contributed by atoms with Crippen LogP contribution in [0.5, 0.6) is 0 Å². The molecule has 3 aromatic rings. The van der Waals surface area contributed by atoms with Crippen molar-refractivity contribution in [1.82, 2.24) is 9.97 Å². The van der Waals surface area contributed by atoms with Gasteiger partial charge in [-0.1, -0.05) is 18.2 Å². The molecule has 2 aromatic heterocycles. The molecule has 0 aliphatic heterocycles. The molecule has 3 rings (SSSR count). The summed E-state index contributed by atoms with van der Waals surface area (Å²) < 4.78 is 0. The summed E-state index contributed by atoms with van der Waals surface area (Å²) in [6.07, 6.45) is 2.27. The van der Waals surface area contributed by atoms with E-state index in [2.05, 4.69) is 16.0 Å². The van der Waals surface area contributed by atoms with Crippen molar-refractivity contribution in [3.63, 3.8) is 0 Å². The van der Waals surface area contributed by atoms with Crippen LogP contribution >= 0.6 is 0 Å². The Hall–Kier alpha value is -2.32. The summed E-state index contributed by atoms with van der Waals surface area (Å²) in [6.45, 7) is 0. The first-order valence-corrected chi connectivity index (χ1v) is 6.84. The summed E-state index contributed by atoms with van der Waals surface area (Å²) in [5.41, 5.74) is 3.47. The molecule has 5 heteroatoms. The van der Waals surface area contributed by atoms with Crippen molar-refractivity contribution in [3.05, 3.63) is 83.8 Å².